The number of hydrogen-bond acceptors (Lipinski definition) is 2. The van der Waals surface area contributed by atoms with Crippen LogP contribution in [0.4, 0.5) is 5.69 Å². The average molecular weight is 384 g/mol. The smallest absolute Gasteiger partial charge is 0.255 e. The summed E-state index contributed by atoms with van der Waals surface area (Å²) in [4.78, 5) is 28.1. The number of carbonyl (C=O) groups is 2. The van der Waals surface area contributed by atoms with E-state index >= 15 is 0 Å². The maximum absolute atomic E-state index is 13.3. The lowest BCUT2D eigenvalue weighted by Crippen LogP contribution is -2.45. The highest BCUT2D eigenvalue weighted by Crippen LogP contribution is 2.27. The Balaban J connectivity index is 1.63. The summed E-state index contributed by atoms with van der Waals surface area (Å²) in [7, 11) is 0. The van der Waals surface area contributed by atoms with Gasteiger partial charge in [-0.3, -0.25) is 9.59 Å². The molecule has 1 heterocycles. The van der Waals surface area contributed by atoms with Crippen molar-refractivity contribution < 1.29 is 9.59 Å². The Labute approximate surface area is 171 Å². The molecule has 4 heteroatoms. The van der Waals surface area contributed by atoms with Crippen LogP contribution in [0.5, 0.6) is 0 Å². The van der Waals surface area contributed by atoms with Crippen molar-refractivity contribution >= 4 is 17.5 Å². The van der Waals surface area contributed by atoms with Gasteiger partial charge in [0.2, 0.25) is 5.91 Å². The molecule has 0 unspecified atom stereocenters. The van der Waals surface area contributed by atoms with E-state index in [1.54, 1.807) is 4.90 Å². The van der Waals surface area contributed by atoms with Gasteiger partial charge in [0.25, 0.3) is 5.91 Å². The van der Waals surface area contributed by atoms with Gasteiger partial charge in [0, 0.05) is 24.2 Å². The Morgan fingerprint density at radius 2 is 1.72 bits per heavy atom. The van der Waals surface area contributed by atoms with Gasteiger partial charge in [-0.2, -0.15) is 0 Å². The molecule has 2 amide bonds. The predicted molar refractivity (Wildman–Crippen MR) is 115 cm³/mol. The standard InChI is InChI=1S/C25H24N2O2/c1-17-12-13-22(18(2)14-17)26-24(28)23(15-19-8-4-3-5-9-19)27-16-20-10-6-7-11-21(20)25(27)29/h3-14,23H,15-16H2,1-2H3,(H,26,28)/t23-/m0/s1. The van der Waals surface area contributed by atoms with E-state index in [1.165, 1.54) is 0 Å². The maximum atomic E-state index is 13.3. The van der Waals surface area contributed by atoms with Gasteiger partial charge in [-0.05, 0) is 42.7 Å². The number of fused-ring (bicyclic) bond motifs is 1. The first kappa shape index (κ1) is 18.9. The number of nitrogens with one attached hydrogen (secondary N) is 1. The number of anilines is 1. The monoisotopic (exact) mass is 384 g/mol. The lowest BCUT2D eigenvalue weighted by molar-refractivity contribution is -0.120. The van der Waals surface area contributed by atoms with Crippen LogP contribution in [-0.4, -0.2) is 22.8 Å². The molecule has 3 aromatic rings. The van der Waals surface area contributed by atoms with Crippen molar-refractivity contribution in [2.75, 3.05) is 5.32 Å². The lowest BCUT2D eigenvalue weighted by Gasteiger charge is -2.27. The highest BCUT2D eigenvalue weighted by Gasteiger charge is 2.36. The van der Waals surface area contributed by atoms with Crippen LogP contribution in [0.15, 0.2) is 72.8 Å². The SMILES string of the molecule is Cc1ccc(NC(=O)[C@H](Cc2ccccc2)N2Cc3ccccc3C2=O)c(C)c1. The van der Waals surface area contributed by atoms with Crippen molar-refractivity contribution in [1.82, 2.24) is 4.90 Å². The highest BCUT2D eigenvalue weighted by atomic mass is 16.2. The van der Waals surface area contributed by atoms with Crippen LogP contribution >= 0.6 is 0 Å². The van der Waals surface area contributed by atoms with Gasteiger partial charge >= 0.3 is 0 Å². The molecule has 0 radical (unpaired) electrons. The summed E-state index contributed by atoms with van der Waals surface area (Å²) in [6.07, 6.45) is 0.470. The molecular formula is C25H24N2O2. The van der Waals surface area contributed by atoms with Crippen LogP contribution < -0.4 is 5.32 Å². The molecule has 146 valence electrons. The zero-order valence-corrected chi connectivity index (χ0v) is 16.7. The van der Waals surface area contributed by atoms with E-state index in [1.807, 2.05) is 86.6 Å². The fourth-order valence-electron chi connectivity index (χ4n) is 3.88. The molecule has 1 atom stereocenters. The molecule has 1 aliphatic rings. The van der Waals surface area contributed by atoms with Crippen LogP contribution in [0.1, 0.15) is 32.6 Å². The van der Waals surface area contributed by atoms with Crippen LogP contribution in [0.2, 0.25) is 0 Å². The van der Waals surface area contributed by atoms with Crippen molar-refractivity contribution in [1.29, 1.82) is 0 Å². The molecule has 4 nitrogen and oxygen atoms in total. The van der Waals surface area contributed by atoms with Gasteiger partial charge in [0.1, 0.15) is 6.04 Å². The summed E-state index contributed by atoms with van der Waals surface area (Å²) in [5.74, 6) is -0.251. The van der Waals surface area contributed by atoms with Crippen LogP contribution in [0.25, 0.3) is 0 Å². The normalized spacial score (nSPS) is 13.9. The molecule has 3 aromatic carbocycles. The van der Waals surface area contributed by atoms with E-state index in [0.717, 1.165) is 27.9 Å². The van der Waals surface area contributed by atoms with E-state index in [-0.39, 0.29) is 11.8 Å². The van der Waals surface area contributed by atoms with Crippen molar-refractivity contribution in [2.45, 2.75) is 32.9 Å². The Bertz CT molecular complexity index is 1060. The highest BCUT2D eigenvalue weighted by molar-refractivity contribution is 6.03. The topological polar surface area (TPSA) is 49.4 Å². The molecule has 1 aliphatic heterocycles. The minimum atomic E-state index is -0.585. The number of aryl methyl sites for hydroxylation is 2. The van der Waals surface area contributed by atoms with Crippen LogP contribution in [-0.2, 0) is 17.8 Å². The van der Waals surface area contributed by atoms with E-state index in [0.29, 0.717) is 18.5 Å². The summed E-state index contributed by atoms with van der Waals surface area (Å²) in [5, 5.41) is 3.05. The molecule has 0 saturated carbocycles. The number of hydrogen-bond donors (Lipinski definition) is 1. The third-order valence-corrected chi connectivity index (χ3v) is 5.44. The third kappa shape index (κ3) is 3.92. The molecule has 0 aliphatic carbocycles. The first-order valence-electron chi connectivity index (χ1n) is 9.84. The van der Waals surface area contributed by atoms with Crippen molar-refractivity contribution in [2.24, 2.45) is 0 Å². The number of carbonyl (C=O) groups excluding carboxylic acids is 2. The number of amides is 2. The second-order valence-electron chi connectivity index (χ2n) is 7.60. The van der Waals surface area contributed by atoms with Gasteiger partial charge < -0.3 is 10.2 Å². The number of rotatable bonds is 5. The van der Waals surface area contributed by atoms with Gasteiger partial charge in [-0.15, -0.1) is 0 Å². The maximum Gasteiger partial charge on any atom is 0.255 e. The lowest BCUT2D eigenvalue weighted by atomic mass is 10.0. The van der Waals surface area contributed by atoms with Gasteiger partial charge in [0.15, 0.2) is 0 Å². The van der Waals surface area contributed by atoms with E-state index < -0.39 is 6.04 Å². The van der Waals surface area contributed by atoms with Crippen LogP contribution in [0, 0.1) is 13.8 Å². The summed E-state index contributed by atoms with van der Waals surface area (Å²) < 4.78 is 0. The molecule has 4 rings (SSSR count). The van der Waals surface area contributed by atoms with E-state index in [2.05, 4.69) is 5.32 Å². The molecule has 0 aromatic heterocycles. The van der Waals surface area contributed by atoms with Gasteiger partial charge in [0.05, 0.1) is 0 Å². The second-order valence-corrected chi connectivity index (χ2v) is 7.60. The quantitative estimate of drug-likeness (QED) is 0.704. The Kier molecular flexibility index (Phi) is 5.17. The summed E-state index contributed by atoms with van der Waals surface area (Å²) in [5.41, 5.74) is 5.61. The predicted octanol–water partition coefficient (Wildman–Crippen LogP) is 4.51. The summed E-state index contributed by atoms with van der Waals surface area (Å²) in [6, 6.07) is 22.8. The first-order valence-corrected chi connectivity index (χ1v) is 9.84. The van der Waals surface area contributed by atoms with E-state index in [9.17, 15) is 9.59 Å². The molecule has 0 bridgehead atoms. The van der Waals surface area contributed by atoms with Crippen LogP contribution in [0.3, 0.4) is 0 Å². The molecule has 0 saturated heterocycles. The zero-order valence-electron chi connectivity index (χ0n) is 16.7. The Morgan fingerprint density at radius 3 is 2.45 bits per heavy atom. The summed E-state index contributed by atoms with van der Waals surface area (Å²) in [6.45, 7) is 4.45. The summed E-state index contributed by atoms with van der Waals surface area (Å²) >= 11 is 0. The largest absolute Gasteiger partial charge is 0.324 e. The van der Waals surface area contributed by atoms with E-state index in [4.69, 9.17) is 0 Å². The van der Waals surface area contributed by atoms with Crippen molar-refractivity contribution in [3.05, 3.63) is 101 Å². The molecular weight excluding hydrogens is 360 g/mol. The number of nitrogens with zero attached hydrogens (tertiary/aromatic N) is 1. The Morgan fingerprint density at radius 1 is 1.00 bits per heavy atom. The average Bonchev–Trinajstić information content (AvgIpc) is 3.05. The van der Waals surface area contributed by atoms with Crippen molar-refractivity contribution in [3.8, 4) is 0 Å². The molecule has 0 spiro atoms. The van der Waals surface area contributed by atoms with Gasteiger partial charge in [-0.1, -0.05) is 66.2 Å². The fourth-order valence-corrected chi connectivity index (χ4v) is 3.88. The molecule has 1 N–H and O–H groups in total. The Hall–Kier alpha value is -3.40. The fraction of sp³-hybridized carbons (Fsp3) is 0.200. The zero-order chi connectivity index (χ0) is 20.4. The molecule has 29 heavy (non-hydrogen) atoms. The first-order chi connectivity index (χ1) is 14.0. The minimum Gasteiger partial charge on any atom is -0.324 e. The minimum absolute atomic E-state index is 0.0858. The van der Waals surface area contributed by atoms with Gasteiger partial charge in [-0.25, -0.2) is 0 Å². The third-order valence-electron chi connectivity index (χ3n) is 5.44. The number of benzene rings is 3. The molecule has 0 fully saturated rings. The van der Waals surface area contributed by atoms with Crippen molar-refractivity contribution in [3.63, 3.8) is 0 Å². The second kappa shape index (κ2) is 7.92.